The van der Waals surface area contributed by atoms with Gasteiger partial charge in [0.25, 0.3) is 0 Å². The van der Waals surface area contributed by atoms with Gasteiger partial charge in [0.1, 0.15) is 11.5 Å². The highest BCUT2D eigenvalue weighted by Gasteiger charge is 2.21. The maximum Gasteiger partial charge on any atom is 0.161 e. The van der Waals surface area contributed by atoms with Crippen LogP contribution in [0.2, 0.25) is 5.02 Å². The number of benzene rings is 1. The molecule has 0 fully saturated rings. The molecule has 0 aliphatic carbocycles. The number of hydrogen-bond donors (Lipinski definition) is 1. The van der Waals surface area contributed by atoms with Crippen LogP contribution in [0, 0.1) is 5.82 Å². The number of rotatable bonds is 3. The van der Waals surface area contributed by atoms with Gasteiger partial charge in [0, 0.05) is 7.05 Å². The Hall–Kier alpha value is -1.59. The topological polar surface area (TPSA) is 53.1 Å². The molecule has 0 bridgehead atoms. The molecule has 4 nitrogen and oxygen atoms in total. The minimum Gasteiger partial charge on any atom is -0.493 e. The lowest BCUT2D eigenvalue weighted by Crippen LogP contribution is -2.17. The molecule has 1 atom stereocenters. The minimum absolute atomic E-state index is 0.0215. The summed E-state index contributed by atoms with van der Waals surface area (Å²) in [5.41, 5.74) is 7.26. The maximum absolute atomic E-state index is 13.4. The Morgan fingerprint density at radius 3 is 2.89 bits per heavy atom. The third-order valence-corrected chi connectivity index (χ3v) is 3.18. The van der Waals surface area contributed by atoms with Crippen LogP contribution in [-0.2, 0) is 7.05 Å². The van der Waals surface area contributed by atoms with Crippen molar-refractivity contribution >= 4 is 11.6 Å². The Morgan fingerprint density at radius 1 is 1.50 bits per heavy atom. The molecule has 1 heterocycles. The van der Waals surface area contributed by atoms with E-state index in [2.05, 4.69) is 5.10 Å². The Bertz CT molecular complexity index is 570. The van der Waals surface area contributed by atoms with E-state index in [0.29, 0.717) is 17.0 Å². The van der Waals surface area contributed by atoms with Crippen LogP contribution in [0.4, 0.5) is 4.39 Å². The fourth-order valence-corrected chi connectivity index (χ4v) is 2.09. The molecule has 18 heavy (non-hydrogen) atoms. The first kappa shape index (κ1) is 12.9. The number of hydrogen-bond acceptors (Lipinski definition) is 3. The SMILES string of the molecule is COc1cnn(C)c1C(N)c1cccc(F)c1Cl. The Balaban J connectivity index is 2.51. The quantitative estimate of drug-likeness (QED) is 0.930. The van der Waals surface area contributed by atoms with Crippen molar-refractivity contribution in [3.05, 3.63) is 46.5 Å². The normalized spacial score (nSPS) is 12.5. The van der Waals surface area contributed by atoms with Gasteiger partial charge in [-0.1, -0.05) is 23.7 Å². The minimum atomic E-state index is -0.601. The standard InChI is InChI=1S/C12H13ClFN3O/c1-17-12(9(18-2)6-16-17)11(15)7-4-3-5-8(14)10(7)13/h3-6,11H,15H2,1-2H3. The van der Waals surface area contributed by atoms with Crippen molar-refractivity contribution in [1.29, 1.82) is 0 Å². The summed E-state index contributed by atoms with van der Waals surface area (Å²) in [7, 11) is 3.27. The third kappa shape index (κ3) is 2.07. The van der Waals surface area contributed by atoms with Crippen LogP contribution in [0.3, 0.4) is 0 Å². The zero-order valence-electron chi connectivity index (χ0n) is 10.0. The van der Waals surface area contributed by atoms with Crippen molar-refractivity contribution in [1.82, 2.24) is 9.78 Å². The lowest BCUT2D eigenvalue weighted by atomic mass is 10.0. The van der Waals surface area contributed by atoms with Gasteiger partial charge in [0.05, 0.1) is 24.4 Å². The summed E-state index contributed by atoms with van der Waals surface area (Å²) in [6.07, 6.45) is 1.56. The monoisotopic (exact) mass is 269 g/mol. The largest absolute Gasteiger partial charge is 0.493 e. The van der Waals surface area contributed by atoms with Crippen molar-refractivity contribution in [3.8, 4) is 5.75 Å². The molecule has 6 heteroatoms. The van der Waals surface area contributed by atoms with Crippen LogP contribution in [0.5, 0.6) is 5.75 Å². The van der Waals surface area contributed by atoms with Crippen molar-refractivity contribution in [2.45, 2.75) is 6.04 Å². The lowest BCUT2D eigenvalue weighted by Gasteiger charge is -2.15. The second-order valence-corrected chi connectivity index (χ2v) is 4.22. The van der Waals surface area contributed by atoms with Gasteiger partial charge >= 0.3 is 0 Å². The molecule has 0 amide bonds. The molecule has 1 aromatic heterocycles. The molecular weight excluding hydrogens is 257 g/mol. The second-order valence-electron chi connectivity index (χ2n) is 3.84. The van der Waals surface area contributed by atoms with Crippen LogP contribution in [0.15, 0.2) is 24.4 Å². The number of aryl methyl sites for hydroxylation is 1. The van der Waals surface area contributed by atoms with Gasteiger partial charge in [-0.3, -0.25) is 4.68 Å². The fraction of sp³-hybridized carbons (Fsp3) is 0.250. The smallest absolute Gasteiger partial charge is 0.161 e. The van der Waals surface area contributed by atoms with E-state index < -0.39 is 11.9 Å². The molecule has 0 radical (unpaired) electrons. The summed E-state index contributed by atoms with van der Waals surface area (Å²) >= 11 is 5.93. The van der Waals surface area contributed by atoms with E-state index in [1.54, 1.807) is 30.1 Å². The molecule has 0 aliphatic rings. The average Bonchev–Trinajstić information content (AvgIpc) is 2.73. The summed E-state index contributed by atoms with van der Waals surface area (Å²) in [6, 6.07) is 3.94. The van der Waals surface area contributed by atoms with Gasteiger partial charge in [0.15, 0.2) is 5.75 Å². The van der Waals surface area contributed by atoms with Crippen molar-refractivity contribution in [2.75, 3.05) is 7.11 Å². The highest BCUT2D eigenvalue weighted by atomic mass is 35.5. The van der Waals surface area contributed by atoms with E-state index in [1.807, 2.05) is 0 Å². The highest BCUT2D eigenvalue weighted by Crippen LogP contribution is 2.32. The number of halogens is 2. The first-order valence-electron chi connectivity index (χ1n) is 5.31. The van der Waals surface area contributed by atoms with E-state index in [9.17, 15) is 4.39 Å². The molecule has 0 saturated heterocycles. The first-order chi connectivity index (χ1) is 8.56. The van der Waals surface area contributed by atoms with Gasteiger partial charge in [0.2, 0.25) is 0 Å². The van der Waals surface area contributed by atoms with E-state index >= 15 is 0 Å². The van der Waals surface area contributed by atoms with Crippen LogP contribution >= 0.6 is 11.6 Å². The summed E-state index contributed by atoms with van der Waals surface area (Å²) in [4.78, 5) is 0. The number of nitrogens with two attached hydrogens (primary N) is 1. The molecule has 0 aliphatic heterocycles. The predicted molar refractivity (Wildman–Crippen MR) is 67.2 cm³/mol. The second kappa shape index (κ2) is 4.96. The van der Waals surface area contributed by atoms with Gasteiger partial charge in [-0.15, -0.1) is 0 Å². The first-order valence-corrected chi connectivity index (χ1v) is 5.69. The molecule has 1 aromatic carbocycles. The molecule has 1 unspecified atom stereocenters. The molecule has 2 N–H and O–H groups in total. The highest BCUT2D eigenvalue weighted by molar-refractivity contribution is 6.31. The maximum atomic E-state index is 13.4. The zero-order valence-corrected chi connectivity index (χ0v) is 10.8. The van der Waals surface area contributed by atoms with Gasteiger partial charge < -0.3 is 10.5 Å². The van der Waals surface area contributed by atoms with Crippen LogP contribution < -0.4 is 10.5 Å². The Kier molecular flexibility index (Phi) is 3.54. The number of methoxy groups -OCH3 is 1. The summed E-state index contributed by atoms with van der Waals surface area (Å²) in [5.74, 6) is 0.0519. The Morgan fingerprint density at radius 2 is 2.22 bits per heavy atom. The number of ether oxygens (including phenoxy) is 1. The number of aromatic nitrogens is 2. The summed E-state index contributed by atoms with van der Waals surface area (Å²) in [5, 5.41) is 4.08. The number of nitrogens with zero attached hydrogens (tertiary/aromatic N) is 2. The predicted octanol–water partition coefficient (Wildman–Crippen LogP) is 2.27. The van der Waals surface area contributed by atoms with Gasteiger partial charge in [-0.25, -0.2) is 4.39 Å². The fourth-order valence-electron chi connectivity index (χ4n) is 1.85. The molecular formula is C12H13ClFN3O. The van der Waals surface area contributed by atoms with E-state index in [4.69, 9.17) is 22.1 Å². The summed E-state index contributed by atoms with van der Waals surface area (Å²) < 4.78 is 20.2. The molecule has 0 saturated carbocycles. The van der Waals surface area contributed by atoms with E-state index in [-0.39, 0.29) is 5.02 Å². The van der Waals surface area contributed by atoms with Crippen LogP contribution in [-0.4, -0.2) is 16.9 Å². The van der Waals surface area contributed by atoms with Crippen molar-refractivity contribution in [3.63, 3.8) is 0 Å². The van der Waals surface area contributed by atoms with Gasteiger partial charge in [-0.05, 0) is 11.6 Å². The van der Waals surface area contributed by atoms with E-state index in [0.717, 1.165) is 0 Å². The van der Waals surface area contributed by atoms with E-state index in [1.165, 1.54) is 13.2 Å². The molecule has 96 valence electrons. The lowest BCUT2D eigenvalue weighted by molar-refractivity contribution is 0.406. The molecule has 2 aromatic rings. The molecule has 0 spiro atoms. The van der Waals surface area contributed by atoms with Crippen LogP contribution in [0.25, 0.3) is 0 Å². The van der Waals surface area contributed by atoms with Crippen molar-refractivity contribution < 1.29 is 9.13 Å². The van der Waals surface area contributed by atoms with Crippen molar-refractivity contribution in [2.24, 2.45) is 12.8 Å². The Labute approximate surface area is 109 Å². The summed E-state index contributed by atoms with van der Waals surface area (Å²) in [6.45, 7) is 0. The van der Waals surface area contributed by atoms with Gasteiger partial charge in [-0.2, -0.15) is 5.10 Å². The van der Waals surface area contributed by atoms with Crippen LogP contribution in [0.1, 0.15) is 17.3 Å². The average molecular weight is 270 g/mol. The zero-order chi connectivity index (χ0) is 13.3. The molecule has 2 rings (SSSR count). The third-order valence-electron chi connectivity index (χ3n) is 2.78.